The van der Waals surface area contributed by atoms with E-state index in [1.807, 2.05) is 6.07 Å². The van der Waals surface area contributed by atoms with Crippen LogP contribution in [-0.4, -0.2) is 30.0 Å². The molecule has 2 aromatic rings. The van der Waals surface area contributed by atoms with Crippen molar-refractivity contribution in [2.75, 3.05) is 18.0 Å². The number of hydrogen-bond donors (Lipinski definition) is 1. The maximum absolute atomic E-state index is 12.0. The predicted octanol–water partition coefficient (Wildman–Crippen LogP) is 3.18. The van der Waals surface area contributed by atoms with Crippen molar-refractivity contribution >= 4 is 32.6 Å². The minimum absolute atomic E-state index is 0.282. The topological polar surface area (TPSA) is 45.2 Å². The van der Waals surface area contributed by atoms with Crippen LogP contribution in [0.15, 0.2) is 24.3 Å². The zero-order valence-corrected chi connectivity index (χ0v) is 13.4. The van der Waals surface area contributed by atoms with Crippen LogP contribution in [0, 0.1) is 5.92 Å². The number of nitrogens with one attached hydrogen (secondary N) is 1. The molecule has 116 valence electrons. The summed E-state index contributed by atoms with van der Waals surface area (Å²) in [5.41, 5.74) is 1.09. The maximum Gasteiger partial charge on any atom is 0.223 e. The van der Waals surface area contributed by atoms with E-state index >= 15 is 0 Å². The number of piperidine rings is 1. The molecule has 2 fully saturated rings. The van der Waals surface area contributed by atoms with Crippen molar-refractivity contribution in [3.8, 4) is 0 Å². The standard InChI is InChI=1S/C17H21N3OS/c21-16(12-4-3-5-12)18-13-8-10-20(11-9-13)17-19-14-6-1-2-7-15(14)22-17/h1-2,6-7,12-13H,3-5,8-11H2,(H,18,21). The molecule has 1 aliphatic heterocycles. The second kappa shape index (κ2) is 5.88. The lowest BCUT2D eigenvalue weighted by molar-refractivity contribution is -0.128. The number of anilines is 1. The van der Waals surface area contributed by atoms with Gasteiger partial charge in [0.15, 0.2) is 5.13 Å². The maximum atomic E-state index is 12.0. The highest BCUT2D eigenvalue weighted by Crippen LogP contribution is 2.31. The van der Waals surface area contributed by atoms with Gasteiger partial charge < -0.3 is 10.2 Å². The Bertz CT molecular complexity index is 638. The zero-order chi connectivity index (χ0) is 14.9. The van der Waals surface area contributed by atoms with E-state index in [0.29, 0.717) is 12.0 Å². The summed E-state index contributed by atoms with van der Waals surface area (Å²) in [6, 6.07) is 8.64. The van der Waals surface area contributed by atoms with Gasteiger partial charge in [0, 0.05) is 25.0 Å². The van der Waals surface area contributed by atoms with Crippen LogP contribution in [0.1, 0.15) is 32.1 Å². The van der Waals surface area contributed by atoms with Crippen LogP contribution >= 0.6 is 11.3 Å². The average molecular weight is 315 g/mol. The lowest BCUT2D eigenvalue weighted by atomic mass is 9.84. The van der Waals surface area contributed by atoms with Crippen molar-refractivity contribution in [2.45, 2.75) is 38.1 Å². The van der Waals surface area contributed by atoms with Gasteiger partial charge in [-0.1, -0.05) is 29.9 Å². The van der Waals surface area contributed by atoms with Crippen molar-refractivity contribution in [3.63, 3.8) is 0 Å². The van der Waals surface area contributed by atoms with Crippen molar-refractivity contribution in [2.24, 2.45) is 5.92 Å². The first-order chi connectivity index (χ1) is 10.8. The van der Waals surface area contributed by atoms with Gasteiger partial charge in [-0.05, 0) is 37.8 Å². The molecule has 5 heteroatoms. The molecular formula is C17H21N3OS. The van der Waals surface area contributed by atoms with E-state index in [0.717, 1.165) is 49.4 Å². The number of carbonyl (C=O) groups excluding carboxylic acids is 1. The first kappa shape index (κ1) is 14.0. The largest absolute Gasteiger partial charge is 0.353 e. The van der Waals surface area contributed by atoms with Crippen LogP contribution < -0.4 is 10.2 Å². The molecule has 1 amide bonds. The molecule has 0 radical (unpaired) electrons. The van der Waals surface area contributed by atoms with E-state index in [2.05, 4.69) is 28.4 Å². The Hall–Kier alpha value is -1.62. The smallest absolute Gasteiger partial charge is 0.223 e. The summed E-state index contributed by atoms with van der Waals surface area (Å²) in [5.74, 6) is 0.576. The predicted molar refractivity (Wildman–Crippen MR) is 90.3 cm³/mol. The summed E-state index contributed by atoms with van der Waals surface area (Å²) in [7, 11) is 0. The number of nitrogens with zero attached hydrogens (tertiary/aromatic N) is 2. The molecule has 0 bridgehead atoms. The third-order valence-corrected chi connectivity index (χ3v) is 5.97. The molecule has 1 aliphatic carbocycles. The molecule has 2 aliphatic rings. The zero-order valence-electron chi connectivity index (χ0n) is 12.6. The van der Waals surface area contributed by atoms with Gasteiger partial charge in [0.1, 0.15) is 0 Å². The number of aromatic nitrogens is 1. The van der Waals surface area contributed by atoms with Crippen LogP contribution in [0.4, 0.5) is 5.13 Å². The van der Waals surface area contributed by atoms with Gasteiger partial charge in [0.2, 0.25) is 5.91 Å². The number of benzene rings is 1. The molecule has 1 N–H and O–H groups in total. The minimum atomic E-state index is 0.282. The Morgan fingerprint density at radius 2 is 1.95 bits per heavy atom. The summed E-state index contributed by atoms with van der Waals surface area (Å²) in [6.45, 7) is 1.96. The highest BCUT2D eigenvalue weighted by molar-refractivity contribution is 7.22. The molecule has 2 heterocycles. The third kappa shape index (κ3) is 2.70. The Morgan fingerprint density at radius 3 is 2.64 bits per heavy atom. The molecular weight excluding hydrogens is 294 g/mol. The van der Waals surface area contributed by atoms with Crippen LogP contribution in [-0.2, 0) is 4.79 Å². The van der Waals surface area contributed by atoms with E-state index in [9.17, 15) is 4.79 Å². The summed E-state index contributed by atoms with van der Waals surface area (Å²) in [6.07, 6.45) is 5.42. The number of rotatable bonds is 3. The molecule has 0 atom stereocenters. The molecule has 1 saturated heterocycles. The van der Waals surface area contributed by atoms with Crippen molar-refractivity contribution in [3.05, 3.63) is 24.3 Å². The number of amides is 1. The van der Waals surface area contributed by atoms with Crippen LogP contribution in [0.25, 0.3) is 10.2 Å². The van der Waals surface area contributed by atoms with Gasteiger partial charge in [-0.25, -0.2) is 4.98 Å². The van der Waals surface area contributed by atoms with E-state index in [1.165, 1.54) is 11.1 Å². The third-order valence-electron chi connectivity index (χ3n) is 4.87. The van der Waals surface area contributed by atoms with E-state index < -0.39 is 0 Å². The SMILES string of the molecule is O=C(NC1CCN(c2nc3ccccc3s2)CC1)C1CCC1. The highest BCUT2D eigenvalue weighted by Gasteiger charge is 2.28. The number of carbonyl (C=O) groups is 1. The summed E-state index contributed by atoms with van der Waals surface area (Å²) < 4.78 is 1.25. The molecule has 0 spiro atoms. The number of fused-ring (bicyclic) bond motifs is 1. The van der Waals surface area contributed by atoms with Crippen LogP contribution in [0.3, 0.4) is 0 Å². The minimum Gasteiger partial charge on any atom is -0.353 e. The number of thiazole rings is 1. The first-order valence-corrected chi connectivity index (χ1v) is 9.02. The number of hydrogen-bond acceptors (Lipinski definition) is 4. The lowest BCUT2D eigenvalue weighted by Gasteiger charge is -2.34. The second-order valence-electron chi connectivity index (χ2n) is 6.36. The summed E-state index contributed by atoms with van der Waals surface area (Å²) >= 11 is 1.76. The van der Waals surface area contributed by atoms with Gasteiger partial charge in [0.05, 0.1) is 10.2 Å². The molecule has 1 aromatic heterocycles. The Balaban J connectivity index is 1.35. The second-order valence-corrected chi connectivity index (χ2v) is 7.37. The Labute approximate surface area is 134 Å². The molecule has 22 heavy (non-hydrogen) atoms. The fourth-order valence-corrected chi connectivity index (χ4v) is 4.22. The van der Waals surface area contributed by atoms with Gasteiger partial charge in [-0.3, -0.25) is 4.79 Å². The molecule has 0 unspecified atom stereocenters. The van der Waals surface area contributed by atoms with Crippen molar-refractivity contribution in [1.29, 1.82) is 0 Å². The van der Waals surface area contributed by atoms with Gasteiger partial charge in [-0.15, -0.1) is 0 Å². The highest BCUT2D eigenvalue weighted by atomic mass is 32.1. The van der Waals surface area contributed by atoms with Gasteiger partial charge >= 0.3 is 0 Å². The normalized spacial score (nSPS) is 20.1. The van der Waals surface area contributed by atoms with Crippen molar-refractivity contribution < 1.29 is 4.79 Å². The quantitative estimate of drug-likeness (QED) is 0.946. The molecule has 1 saturated carbocycles. The molecule has 4 rings (SSSR count). The van der Waals surface area contributed by atoms with E-state index in [4.69, 9.17) is 4.98 Å². The van der Waals surface area contributed by atoms with Crippen molar-refractivity contribution in [1.82, 2.24) is 10.3 Å². The lowest BCUT2D eigenvalue weighted by Crippen LogP contribution is -2.47. The van der Waals surface area contributed by atoms with Crippen LogP contribution in [0.2, 0.25) is 0 Å². The van der Waals surface area contributed by atoms with E-state index in [-0.39, 0.29) is 5.91 Å². The fraction of sp³-hybridized carbons (Fsp3) is 0.529. The van der Waals surface area contributed by atoms with Crippen LogP contribution in [0.5, 0.6) is 0 Å². The monoisotopic (exact) mass is 315 g/mol. The van der Waals surface area contributed by atoms with E-state index in [1.54, 1.807) is 11.3 Å². The van der Waals surface area contributed by atoms with Gasteiger partial charge in [0.25, 0.3) is 0 Å². The average Bonchev–Trinajstić information content (AvgIpc) is 2.90. The fourth-order valence-electron chi connectivity index (χ4n) is 3.20. The first-order valence-electron chi connectivity index (χ1n) is 8.20. The van der Waals surface area contributed by atoms with Gasteiger partial charge in [-0.2, -0.15) is 0 Å². The summed E-state index contributed by atoms with van der Waals surface area (Å²) in [5, 5.41) is 4.35. The Morgan fingerprint density at radius 1 is 1.18 bits per heavy atom. The number of para-hydroxylation sites is 1. The summed E-state index contributed by atoms with van der Waals surface area (Å²) in [4.78, 5) is 19.1. The molecule has 1 aromatic carbocycles. The Kier molecular flexibility index (Phi) is 3.74. The molecule has 4 nitrogen and oxygen atoms in total.